The maximum atomic E-state index is 11.5. The van der Waals surface area contributed by atoms with Gasteiger partial charge in [0.15, 0.2) is 0 Å². The molecule has 1 aliphatic heterocycles. The summed E-state index contributed by atoms with van der Waals surface area (Å²) >= 11 is 2.02. The Morgan fingerprint density at radius 1 is 1.58 bits per heavy atom. The Kier molecular flexibility index (Phi) is 4.34. The number of methoxy groups -OCH3 is 1. The predicted molar refractivity (Wildman–Crippen MR) is 78.9 cm³/mol. The van der Waals surface area contributed by atoms with Crippen molar-refractivity contribution in [1.82, 2.24) is 4.98 Å². The van der Waals surface area contributed by atoms with E-state index in [1.54, 1.807) is 6.07 Å². The summed E-state index contributed by atoms with van der Waals surface area (Å²) in [7, 11) is 1.38. The van der Waals surface area contributed by atoms with Gasteiger partial charge < -0.3 is 10.1 Å². The van der Waals surface area contributed by atoms with E-state index in [4.69, 9.17) is 4.74 Å². The molecular weight excluding hydrogens is 260 g/mol. The van der Waals surface area contributed by atoms with E-state index in [1.807, 2.05) is 24.8 Å². The molecule has 5 heteroatoms. The number of nitrogens with one attached hydrogen (secondary N) is 1. The zero-order chi connectivity index (χ0) is 13.9. The lowest BCUT2D eigenvalue weighted by molar-refractivity contribution is 0.0599. The zero-order valence-electron chi connectivity index (χ0n) is 11.7. The zero-order valence-corrected chi connectivity index (χ0v) is 12.5. The minimum atomic E-state index is -0.338. The second-order valence-corrected chi connectivity index (χ2v) is 6.76. The van der Waals surface area contributed by atoms with Crippen molar-refractivity contribution in [2.75, 3.05) is 24.7 Å². The van der Waals surface area contributed by atoms with E-state index in [2.05, 4.69) is 17.2 Å². The molecule has 0 saturated carbocycles. The molecule has 1 N–H and O–H groups in total. The van der Waals surface area contributed by atoms with Gasteiger partial charge in [-0.3, -0.25) is 0 Å². The van der Waals surface area contributed by atoms with Crippen LogP contribution >= 0.6 is 11.8 Å². The Bertz CT molecular complexity index is 471. The predicted octanol–water partition coefficient (Wildman–Crippen LogP) is 2.87. The van der Waals surface area contributed by atoms with E-state index in [9.17, 15) is 4.79 Å². The molecule has 0 bridgehead atoms. The number of carbonyl (C=O) groups is 1. The number of rotatable bonds is 4. The first-order valence-electron chi connectivity index (χ1n) is 6.48. The second-order valence-electron chi connectivity index (χ2n) is 5.08. The van der Waals surface area contributed by atoms with Crippen LogP contribution in [0.1, 0.15) is 35.8 Å². The van der Waals surface area contributed by atoms with Gasteiger partial charge in [-0.2, -0.15) is 11.8 Å². The van der Waals surface area contributed by atoms with Gasteiger partial charge >= 0.3 is 5.97 Å². The lowest BCUT2D eigenvalue weighted by Gasteiger charge is -2.23. The average Bonchev–Trinajstić information content (AvgIpc) is 2.83. The number of aromatic nitrogens is 1. The quantitative estimate of drug-likeness (QED) is 0.859. The van der Waals surface area contributed by atoms with Gasteiger partial charge in [-0.1, -0.05) is 0 Å². The fourth-order valence-electron chi connectivity index (χ4n) is 2.24. The second kappa shape index (κ2) is 5.82. The number of esters is 1. The van der Waals surface area contributed by atoms with E-state index < -0.39 is 0 Å². The molecule has 1 atom stereocenters. The summed E-state index contributed by atoms with van der Waals surface area (Å²) in [6, 6.07) is 3.60. The molecule has 1 fully saturated rings. The van der Waals surface area contributed by atoms with Crippen LogP contribution in [0.2, 0.25) is 0 Å². The Morgan fingerprint density at radius 2 is 2.37 bits per heavy atom. The number of nitrogens with zero attached hydrogens (tertiary/aromatic N) is 1. The summed E-state index contributed by atoms with van der Waals surface area (Å²) in [4.78, 5) is 15.9. The highest BCUT2D eigenvalue weighted by molar-refractivity contribution is 8.00. The van der Waals surface area contributed by atoms with Gasteiger partial charge in [-0.25, -0.2) is 9.78 Å². The number of ether oxygens (including phenoxy) is 1. The summed E-state index contributed by atoms with van der Waals surface area (Å²) in [6.07, 6.45) is 2.53. The van der Waals surface area contributed by atoms with Crippen LogP contribution in [0, 0.1) is 6.92 Å². The molecule has 104 valence electrons. The van der Waals surface area contributed by atoms with E-state index in [1.165, 1.54) is 25.7 Å². The highest BCUT2D eigenvalue weighted by Gasteiger charge is 2.29. The fourth-order valence-corrected chi connectivity index (χ4v) is 3.48. The first kappa shape index (κ1) is 14.2. The summed E-state index contributed by atoms with van der Waals surface area (Å²) in [5.74, 6) is 1.72. The number of aryl methyl sites for hydroxylation is 1. The molecule has 0 radical (unpaired) electrons. The largest absolute Gasteiger partial charge is 0.465 e. The molecule has 2 heterocycles. The van der Waals surface area contributed by atoms with Crippen molar-refractivity contribution in [2.24, 2.45) is 0 Å². The van der Waals surface area contributed by atoms with Crippen LogP contribution < -0.4 is 5.32 Å². The molecule has 0 aromatic carbocycles. The standard InChI is InChI=1S/C14H20N2O2S/c1-10-11(13(17)18-3)5-6-12(16-10)15-9-14(2)7-4-8-19-14/h5-6H,4,7-9H2,1-3H3,(H,15,16). The van der Waals surface area contributed by atoms with Crippen LogP contribution in [0.15, 0.2) is 12.1 Å². The average molecular weight is 280 g/mol. The Labute approximate surface area is 118 Å². The molecule has 0 aliphatic carbocycles. The summed E-state index contributed by atoms with van der Waals surface area (Å²) in [5.41, 5.74) is 1.22. The Balaban J connectivity index is 2.02. The van der Waals surface area contributed by atoms with E-state index in [-0.39, 0.29) is 5.97 Å². The fraction of sp³-hybridized carbons (Fsp3) is 0.571. The number of pyridine rings is 1. The van der Waals surface area contributed by atoms with E-state index >= 15 is 0 Å². The first-order valence-corrected chi connectivity index (χ1v) is 7.46. The maximum absolute atomic E-state index is 11.5. The van der Waals surface area contributed by atoms with Gasteiger partial charge in [0.05, 0.1) is 18.4 Å². The minimum Gasteiger partial charge on any atom is -0.465 e. The highest BCUT2D eigenvalue weighted by Crippen LogP contribution is 2.37. The number of carbonyl (C=O) groups excluding carboxylic acids is 1. The van der Waals surface area contributed by atoms with Gasteiger partial charge in [0, 0.05) is 11.3 Å². The van der Waals surface area contributed by atoms with Gasteiger partial charge in [-0.15, -0.1) is 0 Å². The molecular formula is C14H20N2O2S. The molecule has 1 unspecified atom stereocenters. The first-order chi connectivity index (χ1) is 9.04. The molecule has 0 spiro atoms. The van der Waals surface area contributed by atoms with Crippen molar-refractivity contribution in [3.63, 3.8) is 0 Å². The van der Waals surface area contributed by atoms with E-state index in [0.29, 0.717) is 16.0 Å². The normalized spacial score (nSPS) is 22.3. The van der Waals surface area contributed by atoms with Crippen molar-refractivity contribution in [3.8, 4) is 0 Å². The lowest BCUT2D eigenvalue weighted by atomic mass is 10.1. The van der Waals surface area contributed by atoms with Gasteiger partial charge in [0.25, 0.3) is 0 Å². The van der Waals surface area contributed by atoms with Crippen molar-refractivity contribution in [3.05, 3.63) is 23.4 Å². The van der Waals surface area contributed by atoms with Crippen LogP contribution in [0.25, 0.3) is 0 Å². The molecule has 4 nitrogen and oxygen atoms in total. The van der Waals surface area contributed by atoms with Crippen molar-refractivity contribution < 1.29 is 9.53 Å². The van der Waals surface area contributed by atoms with Crippen molar-refractivity contribution >= 4 is 23.5 Å². The minimum absolute atomic E-state index is 0.302. The summed E-state index contributed by atoms with van der Waals surface area (Å²) in [5, 5.41) is 3.37. The molecule has 1 aliphatic rings. The lowest BCUT2D eigenvalue weighted by Crippen LogP contribution is -2.27. The van der Waals surface area contributed by atoms with Crippen molar-refractivity contribution in [2.45, 2.75) is 31.4 Å². The Hall–Kier alpha value is -1.23. The molecule has 1 aromatic heterocycles. The van der Waals surface area contributed by atoms with E-state index in [0.717, 1.165) is 12.4 Å². The number of thioether (sulfide) groups is 1. The molecule has 1 saturated heterocycles. The number of hydrogen-bond acceptors (Lipinski definition) is 5. The smallest absolute Gasteiger partial charge is 0.339 e. The Morgan fingerprint density at radius 3 is 2.95 bits per heavy atom. The maximum Gasteiger partial charge on any atom is 0.339 e. The van der Waals surface area contributed by atoms with Gasteiger partial charge in [0.1, 0.15) is 5.82 Å². The van der Waals surface area contributed by atoms with Crippen LogP contribution in [-0.4, -0.2) is 35.1 Å². The van der Waals surface area contributed by atoms with Crippen LogP contribution in [0.3, 0.4) is 0 Å². The number of anilines is 1. The molecule has 2 rings (SSSR count). The monoisotopic (exact) mass is 280 g/mol. The third kappa shape index (κ3) is 3.41. The van der Waals surface area contributed by atoms with Crippen LogP contribution in [0.4, 0.5) is 5.82 Å². The third-order valence-electron chi connectivity index (χ3n) is 3.44. The van der Waals surface area contributed by atoms with Crippen LogP contribution in [0.5, 0.6) is 0 Å². The van der Waals surface area contributed by atoms with Gasteiger partial charge in [0.2, 0.25) is 0 Å². The SMILES string of the molecule is COC(=O)c1ccc(NCC2(C)CCCS2)nc1C. The molecule has 19 heavy (non-hydrogen) atoms. The highest BCUT2D eigenvalue weighted by atomic mass is 32.2. The van der Waals surface area contributed by atoms with Gasteiger partial charge in [-0.05, 0) is 44.6 Å². The molecule has 0 amide bonds. The van der Waals surface area contributed by atoms with Crippen LogP contribution in [-0.2, 0) is 4.74 Å². The summed E-state index contributed by atoms with van der Waals surface area (Å²) < 4.78 is 5.01. The topological polar surface area (TPSA) is 51.2 Å². The summed E-state index contributed by atoms with van der Waals surface area (Å²) in [6.45, 7) is 5.01. The number of hydrogen-bond donors (Lipinski definition) is 1. The third-order valence-corrected chi connectivity index (χ3v) is 4.97. The molecule has 1 aromatic rings. The van der Waals surface area contributed by atoms with Crippen molar-refractivity contribution in [1.29, 1.82) is 0 Å².